The monoisotopic (exact) mass is 257 g/mol. The van der Waals surface area contributed by atoms with Crippen molar-refractivity contribution >= 4 is 5.97 Å². The van der Waals surface area contributed by atoms with E-state index in [1.54, 1.807) is 13.8 Å². The highest BCUT2D eigenvalue weighted by Gasteiger charge is 2.34. The van der Waals surface area contributed by atoms with Crippen LogP contribution in [0.1, 0.15) is 32.3 Å². The normalized spacial score (nSPS) is 11.6. The predicted octanol–water partition coefficient (Wildman–Crippen LogP) is 2.70. The molecule has 1 aromatic carbocycles. The molecule has 0 unspecified atom stereocenters. The molecular weight excluding hydrogens is 240 g/mol. The molecule has 0 heterocycles. The average Bonchev–Trinajstić information content (AvgIpc) is 2.35. The summed E-state index contributed by atoms with van der Waals surface area (Å²) in [7, 11) is 0. The van der Waals surface area contributed by atoms with Crippen molar-refractivity contribution in [3.05, 3.63) is 35.4 Å². The fourth-order valence-corrected chi connectivity index (χ4v) is 1.83. The van der Waals surface area contributed by atoms with Crippen LogP contribution in [0.4, 0.5) is 8.78 Å². The van der Waals surface area contributed by atoms with Crippen LogP contribution in [0, 0.1) is 11.6 Å². The molecule has 1 rings (SSSR count). The van der Waals surface area contributed by atoms with Gasteiger partial charge in [-0.05, 0) is 18.9 Å². The van der Waals surface area contributed by atoms with Gasteiger partial charge in [-0.1, -0.05) is 26.0 Å². The topological polar surface area (TPSA) is 49.3 Å². The van der Waals surface area contributed by atoms with Crippen LogP contribution < -0.4 is 5.32 Å². The zero-order valence-electron chi connectivity index (χ0n) is 10.5. The number of halogens is 2. The molecule has 2 N–H and O–H groups in total. The fourth-order valence-electron chi connectivity index (χ4n) is 1.83. The molecule has 0 aliphatic carbocycles. The SMILES string of the molecule is CCC(CC)(NCc1cccc(F)c1F)C(=O)O. The Kier molecular flexibility index (Phi) is 4.78. The summed E-state index contributed by atoms with van der Waals surface area (Å²) in [4.78, 5) is 11.2. The molecule has 0 spiro atoms. The van der Waals surface area contributed by atoms with E-state index in [0.29, 0.717) is 12.8 Å². The van der Waals surface area contributed by atoms with Crippen molar-refractivity contribution in [3.63, 3.8) is 0 Å². The Hall–Kier alpha value is -1.49. The van der Waals surface area contributed by atoms with E-state index >= 15 is 0 Å². The van der Waals surface area contributed by atoms with Gasteiger partial charge in [0.05, 0.1) is 0 Å². The van der Waals surface area contributed by atoms with Crippen LogP contribution in [0.2, 0.25) is 0 Å². The molecule has 0 bridgehead atoms. The largest absolute Gasteiger partial charge is 0.480 e. The molecule has 3 nitrogen and oxygen atoms in total. The Labute approximate surface area is 105 Å². The minimum Gasteiger partial charge on any atom is -0.480 e. The van der Waals surface area contributed by atoms with Gasteiger partial charge in [0.25, 0.3) is 0 Å². The zero-order chi connectivity index (χ0) is 13.8. The lowest BCUT2D eigenvalue weighted by Gasteiger charge is -2.28. The van der Waals surface area contributed by atoms with Gasteiger partial charge in [0.2, 0.25) is 0 Å². The van der Waals surface area contributed by atoms with Crippen LogP contribution in [-0.4, -0.2) is 16.6 Å². The van der Waals surface area contributed by atoms with Crippen molar-refractivity contribution in [2.75, 3.05) is 0 Å². The standard InChI is InChI=1S/C13H17F2NO2/c1-3-13(4-2,12(17)18)16-8-9-6-5-7-10(14)11(9)15/h5-7,16H,3-4,8H2,1-2H3,(H,17,18). The minimum absolute atomic E-state index is 0.0163. The van der Waals surface area contributed by atoms with Gasteiger partial charge in [-0.3, -0.25) is 10.1 Å². The highest BCUT2D eigenvalue weighted by Crippen LogP contribution is 2.18. The van der Waals surface area contributed by atoms with Crippen molar-refractivity contribution in [2.24, 2.45) is 0 Å². The highest BCUT2D eigenvalue weighted by atomic mass is 19.2. The number of benzene rings is 1. The number of carbonyl (C=O) groups is 1. The molecule has 18 heavy (non-hydrogen) atoms. The molecule has 0 aliphatic rings. The van der Waals surface area contributed by atoms with Crippen LogP contribution in [0.15, 0.2) is 18.2 Å². The first-order valence-electron chi connectivity index (χ1n) is 5.88. The molecule has 0 aromatic heterocycles. The van der Waals surface area contributed by atoms with Crippen molar-refractivity contribution in [2.45, 2.75) is 38.8 Å². The maximum atomic E-state index is 13.4. The summed E-state index contributed by atoms with van der Waals surface area (Å²) in [5.41, 5.74) is -0.971. The molecule has 5 heteroatoms. The summed E-state index contributed by atoms with van der Waals surface area (Å²) in [6.07, 6.45) is 0.742. The van der Waals surface area contributed by atoms with Gasteiger partial charge >= 0.3 is 5.97 Å². The first-order chi connectivity index (χ1) is 8.46. The summed E-state index contributed by atoms with van der Waals surface area (Å²) in [6, 6.07) is 3.86. The van der Waals surface area contributed by atoms with Gasteiger partial charge in [-0.25, -0.2) is 8.78 Å². The van der Waals surface area contributed by atoms with E-state index < -0.39 is 23.1 Å². The molecular formula is C13H17F2NO2. The number of nitrogens with one attached hydrogen (secondary N) is 1. The van der Waals surface area contributed by atoms with E-state index in [1.165, 1.54) is 12.1 Å². The number of aliphatic carboxylic acids is 1. The second kappa shape index (κ2) is 5.91. The third kappa shape index (κ3) is 2.85. The molecule has 100 valence electrons. The Bertz CT molecular complexity index is 431. The molecule has 0 fully saturated rings. The zero-order valence-corrected chi connectivity index (χ0v) is 10.5. The van der Waals surface area contributed by atoms with E-state index in [9.17, 15) is 18.7 Å². The Morgan fingerprint density at radius 2 is 1.94 bits per heavy atom. The average molecular weight is 257 g/mol. The van der Waals surface area contributed by atoms with Gasteiger partial charge in [0.15, 0.2) is 11.6 Å². The number of hydrogen-bond acceptors (Lipinski definition) is 2. The Balaban J connectivity index is 2.86. The molecule has 0 radical (unpaired) electrons. The van der Waals surface area contributed by atoms with Crippen LogP contribution in [0.3, 0.4) is 0 Å². The van der Waals surface area contributed by atoms with Crippen molar-refractivity contribution < 1.29 is 18.7 Å². The maximum absolute atomic E-state index is 13.4. The summed E-state index contributed by atoms with van der Waals surface area (Å²) < 4.78 is 26.4. The van der Waals surface area contributed by atoms with Crippen LogP contribution in [-0.2, 0) is 11.3 Å². The van der Waals surface area contributed by atoms with Gasteiger partial charge in [0, 0.05) is 12.1 Å². The first kappa shape index (κ1) is 14.6. The first-order valence-corrected chi connectivity index (χ1v) is 5.88. The van der Waals surface area contributed by atoms with Gasteiger partial charge in [0.1, 0.15) is 5.54 Å². The summed E-state index contributed by atoms with van der Waals surface area (Å²) in [5.74, 6) is -2.84. The van der Waals surface area contributed by atoms with Crippen LogP contribution in [0.25, 0.3) is 0 Å². The fraction of sp³-hybridized carbons (Fsp3) is 0.462. The lowest BCUT2D eigenvalue weighted by molar-refractivity contribution is -0.145. The lowest BCUT2D eigenvalue weighted by atomic mass is 9.92. The molecule has 0 saturated heterocycles. The molecule has 0 aliphatic heterocycles. The number of carboxylic acids is 1. The number of hydrogen-bond donors (Lipinski definition) is 2. The van der Waals surface area contributed by atoms with E-state index in [1.807, 2.05) is 0 Å². The lowest BCUT2D eigenvalue weighted by Crippen LogP contribution is -2.50. The summed E-state index contributed by atoms with van der Waals surface area (Å²) >= 11 is 0. The minimum atomic E-state index is -1.10. The van der Waals surface area contributed by atoms with E-state index in [2.05, 4.69) is 5.32 Å². The Morgan fingerprint density at radius 3 is 2.44 bits per heavy atom. The molecule has 0 amide bonds. The number of carboxylic acid groups (broad SMARTS) is 1. The van der Waals surface area contributed by atoms with Crippen molar-refractivity contribution in [1.82, 2.24) is 5.32 Å². The summed E-state index contributed by atoms with van der Waals surface area (Å²) in [6.45, 7) is 3.47. The van der Waals surface area contributed by atoms with Crippen molar-refractivity contribution in [3.8, 4) is 0 Å². The van der Waals surface area contributed by atoms with E-state index in [0.717, 1.165) is 6.07 Å². The second-order valence-corrected chi connectivity index (χ2v) is 4.16. The van der Waals surface area contributed by atoms with Crippen LogP contribution in [0.5, 0.6) is 0 Å². The predicted molar refractivity (Wildman–Crippen MR) is 64.1 cm³/mol. The highest BCUT2D eigenvalue weighted by molar-refractivity contribution is 5.78. The molecule has 0 saturated carbocycles. The second-order valence-electron chi connectivity index (χ2n) is 4.16. The summed E-state index contributed by atoms with van der Waals surface area (Å²) in [5, 5.41) is 12.0. The van der Waals surface area contributed by atoms with Gasteiger partial charge in [-0.15, -0.1) is 0 Å². The van der Waals surface area contributed by atoms with E-state index in [4.69, 9.17) is 0 Å². The number of rotatable bonds is 6. The quantitative estimate of drug-likeness (QED) is 0.823. The van der Waals surface area contributed by atoms with E-state index in [-0.39, 0.29) is 12.1 Å². The third-order valence-electron chi connectivity index (χ3n) is 3.27. The smallest absolute Gasteiger partial charge is 0.323 e. The molecule has 0 atom stereocenters. The Morgan fingerprint density at radius 1 is 1.33 bits per heavy atom. The van der Waals surface area contributed by atoms with Crippen molar-refractivity contribution in [1.29, 1.82) is 0 Å². The van der Waals surface area contributed by atoms with Crippen LogP contribution >= 0.6 is 0 Å². The van der Waals surface area contributed by atoms with Gasteiger partial charge < -0.3 is 5.11 Å². The maximum Gasteiger partial charge on any atom is 0.323 e. The molecule has 1 aromatic rings. The third-order valence-corrected chi connectivity index (χ3v) is 3.27. The van der Waals surface area contributed by atoms with Gasteiger partial charge in [-0.2, -0.15) is 0 Å².